The molecule has 0 radical (unpaired) electrons. The number of carboxylic acid groups (broad SMARTS) is 1. The molecular weight excluding hydrogens is 267 g/mol. The van der Waals surface area contributed by atoms with Crippen LogP contribution in [0.3, 0.4) is 0 Å². The number of ether oxygens (including phenoxy) is 1. The normalized spacial score (nSPS) is 14.4. The van der Waals surface area contributed by atoms with Crippen LogP contribution in [-0.4, -0.2) is 18.2 Å². The molecule has 0 spiro atoms. The highest BCUT2D eigenvalue weighted by atomic mass is 79.9. The van der Waals surface area contributed by atoms with E-state index in [0.29, 0.717) is 4.47 Å². The molecule has 15 heavy (non-hydrogen) atoms. The Balaban J connectivity index is 3.34. The maximum Gasteiger partial charge on any atom is 0.346 e. The van der Waals surface area contributed by atoms with Gasteiger partial charge in [0.05, 0.1) is 7.11 Å². The minimum atomic E-state index is -2.46. The quantitative estimate of drug-likeness (QED) is 0.924. The summed E-state index contributed by atoms with van der Waals surface area (Å²) < 4.78 is 19.4. The Hall–Kier alpha value is -1.10. The molecule has 1 rings (SSSR count). The highest BCUT2D eigenvalue weighted by Gasteiger charge is 2.37. The summed E-state index contributed by atoms with van der Waals surface area (Å²) in [6, 6.07) is 4.56. The van der Waals surface area contributed by atoms with E-state index < -0.39 is 11.6 Å². The number of rotatable bonds is 3. The summed E-state index contributed by atoms with van der Waals surface area (Å²) >= 11 is 3.15. The molecule has 0 fully saturated rings. The topological polar surface area (TPSA) is 46.5 Å². The van der Waals surface area contributed by atoms with E-state index in [1.165, 1.54) is 19.2 Å². The summed E-state index contributed by atoms with van der Waals surface area (Å²) in [4.78, 5) is 10.8. The van der Waals surface area contributed by atoms with Gasteiger partial charge in [0, 0.05) is 10.0 Å². The van der Waals surface area contributed by atoms with Crippen LogP contribution in [0.25, 0.3) is 0 Å². The lowest BCUT2D eigenvalue weighted by atomic mass is 9.97. The largest absolute Gasteiger partial charge is 0.496 e. The van der Waals surface area contributed by atoms with Crippen molar-refractivity contribution < 1.29 is 19.0 Å². The van der Waals surface area contributed by atoms with Gasteiger partial charge in [-0.1, -0.05) is 15.9 Å². The number of hydrogen-bond donors (Lipinski definition) is 1. The molecule has 1 aromatic rings. The lowest BCUT2D eigenvalue weighted by Gasteiger charge is -2.18. The first-order valence-corrected chi connectivity index (χ1v) is 4.95. The molecule has 1 atom stereocenters. The minimum absolute atomic E-state index is 0.00752. The first kappa shape index (κ1) is 12.0. The summed E-state index contributed by atoms with van der Waals surface area (Å²) in [5.74, 6) is -1.33. The SMILES string of the molecule is COc1ccc(Br)cc1C(C)(F)C(=O)O. The Morgan fingerprint density at radius 1 is 1.60 bits per heavy atom. The molecule has 0 aromatic heterocycles. The van der Waals surface area contributed by atoms with E-state index >= 15 is 0 Å². The van der Waals surface area contributed by atoms with Crippen LogP contribution in [0.15, 0.2) is 22.7 Å². The molecule has 0 aliphatic heterocycles. The first-order chi connectivity index (χ1) is 6.89. The molecule has 82 valence electrons. The van der Waals surface area contributed by atoms with Crippen LogP contribution >= 0.6 is 15.9 Å². The first-order valence-electron chi connectivity index (χ1n) is 4.16. The van der Waals surface area contributed by atoms with Crippen molar-refractivity contribution in [1.82, 2.24) is 0 Å². The Morgan fingerprint density at radius 3 is 2.67 bits per heavy atom. The Morgan fingerprint density at radius 2 is 2.20 bits per heavy atom. The van der Waals surface area contributed by atoms with E-state index in [9.17, 15) is 9.18 Å². The van der Waals surface area contributed by atoms with Gasteiger partial charge in [-0.15, -0.1) is 0 Å². The number of hydrogen-bond acceptors (Lipinski definition) is 2. The molecule has 0 heterocycles. The van der Waals surface area contributed by atoms with Gasteiger partial charge in [0.15, 0.2) is 0 Å². The number of halogens is 2. The van der Waals surface area contributed by atoms with Crippen molar-refractivity contribution in [3.63, 3.8) is 0 Å². The van der Waals surface area contributed by atoms with Gasteiger partial charge in [-0.2, -0.15) is 0 Å². The van der Waals surface area contributed by atoms with Gasteiger partial charge in [0.25, 0.3) is 0 Å². The van der Waals surface area contributed by atoms with Crippen molar-refractivity contribution in [3.8, 4) is 5.75 Å². The van der Waals surface area contributed by atoms with Crippen LogP contribution in [0.5, 0.6) is 5.75 Å². The van der Waals surface area contributed by atoms with E-state index in [1.54, 1.807) is 6.07 Å². The van der Waals surface area contributed by atoms with Crippen LogP contribution < -0.4 is 4.74 Å². The fraction of sp³-hybridized carbons (Fsp3) is 0.300. The summed E-state index contributed by atoms with van der Waals surface area (Å²) in [5, 5.41) is 8.76. The molecule has 0 saturated carbocycles. The maximum atomic E-state index is 13.9. The van der Waals surface area contributed by atoms with Crippen LogP contribution in [0, 0.1) is 0 Å². The average molecular weight is 277 g/mol. The fourth-order valence-corrected chi connectivity index (χ4v) is 1.52. The zero-order valence-corrected chi connectivity index (χ0v) is 9.84. The number of alkyl halides is 1. The van der Waals surface area contributed by atoms with Crippen molar-refractivity contribution in [3.05, 3.63) is 28.2 Å². The molecular formula is C10H10BrFO3. The predicted molar refractivity (Wildman–Crippen MR) is 56.8 cm³/mol. The van der Waals surface area contributed by atoms with Crippen LogP contribution in [-0.2, 0) is 10.5 Å². The molecule has 0 amide bonds. The van der Waals surface area contributed by atoms with Gasteiger partial charge < -0.3 is 9.84 Å². The minimum Gasteiger partial charge on any atom is -0.496 e. The molecule has 1 N–H and O–H groups in total. The summed E-state index contributed by atoms with van der Waals surface area (Å²) in [7, 11) is 1.37. The summed E-state index contributed by atoms with van der Waals surface area (Å²) in [6.45, 7) is 0.986. The Bertz CT molecular complexity index is 390. The van der Waals surface area contributed by atoms with Gasteiger partial charge in [-0.25, -0.2) is 9.18 Å². The number of carbonyl (C=O) groups is 1. The lowest BCUT2D eigenvalue weighted by Crippen LogP contribution is -2.27. The monoisotopic (exact) mass is 276 g/mol. The van der Waals surface area contributed by atoms with Crippen LogP contribution in [0.2, 0.25) is 0 Å². The molecule has 1 unspecified atom stereocenters. The summed E-state index contributed by atoms with van der Waals surface area (Å²) in [5.41, 5.74) is -2.47. The Kier molecular flexibility index (Phi) is 3.34. The predicted octanol–water partition coefficient (Wildman–Crippen LogP) is 2.73. The van der Waals surface area contributed by atoms with Gasteiger partial charge in [0.2, 0.25) is 5.67 Å². The molecule has 0 saturated heterocycles. The van der Waals surface area contributed by atoms with Crippen molar-refractivity contribution in [2.45, 2.75) is 12.6 Å². The standard InChI is InChI=1S/C10H10BrFO3/c1-10(12,9(13)14)7-5-6(11)3-4-8(7)15-2/h3-5H,1-2H3,(H,13,14). The number of methoxy groups -OCH3 is 1. The smallest absolute Gasteiger partial charge is 0.346 e. The van der Waals surface area contributed by atoms with Crippen molar-refractivity contribution >= 4 is 21.9 Å². The maximum absolute atomic E-state index is 13.9. The lowest BCUT2D eigenvalue weighted by molar-refractivity contribution is -0.150. The molecule has 1 aromatic carbocycles. The van der Waals surface area contributed by atoms with Crippen molar-refractivity contribution in [2.75, 3.05) is 7.11 Å². The van der Waals surface area contributed by atoms with Gasteiger partial charge in [-0.3, -0.25) is 0 Å². The highest BCUT2D eigenvalue weighted by molar-refractivity contribution is 9.10. The van der Waals surface area contributed by atoms with Crippen LogP contribution in [0.4, 0.5) is 4.39 Å². The third kappa shape index (κ3) is 2.28. The second kappa shape index (κ2) is 4.18. The van der Waals surface area contributed by atoms with Gasteiger partial charge >= 0.3 is 5.97 Å². The Labute approximate surface area is 95.0 Å². The summed E-state index contributed by atoms with van der Waals surface area (Å²) in [6.07, 6.45) is 0. The third-order valence-electron chi connectivity index (χ3n) is 2.07. The van der Waals surface area contributed by atoms with Crippen molar-refractivity contribution in [2.24, 2.45) is 0 Å². The van der Waals surface area contributed by atoms with E-state index in [0.717, 1.165) is 6.92 Å². The van der Waals surface area contributed by atoms with E-state index in [1.807, 2.05) is 0 Å². The second-order valence-electron chi connectivity index (χ2n) is 3.15. The van der Waals surface area contributed by atoms with E-state index in [2.05, 4.69) is 15.9 Å². The van der Waals surface area contributed by atoms with E-state index in [-0.39, 0.29) is 11.3 Å². The van der Waals surface area contributed by atoms with E-state index in [4.69, 9.17) is 9.84 Å². The van der Waals surface area contributed by atoms with Gasteiger partial charge in [0.1, 0.15) is 5.75 Å². The fourth-order valence-electron chi connectivity index (χ4n) is 1.16. The number of carboxylic acids is 1. The molecule has 0 aliphatic carbocycles. The van der Waals surface area contributed by atoms with Gasteiger partial charge in [-0.05, 0) is 25.1 Å². The highest BCUT2D eigenvalue weighted by Crippen LogP contribution is 2.35. The van der Waals surface area contributed by atoms with Crippen molar-refractivity contribution in [1.29, 1.82) is 0 Å². The molecule has 5 heteroatoms. The zero-order chi connectivity index (χ0) is 11.6. The average Bonchev–Trinajstić information content (AvgIpc) is 2.17. The second-order valence-corrected chi connectivity index (χ2v) is 4.07. The molecule has 3 nitrogen and oxygen atoms in total. The zero-order valence-electron chi connectivity index (χ0n) is 8.25. The molecule has 0 aliphatic rings. The van der Waals surface area contributed by atoms with Crippen LogP contribution in [0.1, 0.15) is 12.5 Å². The third-order valence-corrected chi connectivity index (χ3v) is 2.56. The molecule has 0 bridgehead atoms. The number of aliphatic carboxylic acids is 1. The number of benzene rings is 1.